The van der Waals surface area contributed by atoms with Crippen LogP contribution in [-0.4, -0.2) is 33.4 Å². The van der Waals surface area contributed by atoms with Crippen LogP contribution in [0.15, 0.2) is 10.6 Å². The van der Waals surface area contributed by atoms with Crippen molar-refractivity contribution in [1.29, 1.82) is 0 Å². The first-order chi connectivity index (χ1) is 8.86. The predicted octanol–water partition coefficient (Wildman–Crippen LogP) is 1.49. The van der Waals surface area contributed by atoms with E-state index in [1.54, 1.807) is 0 Å². The summed E-state index contributed by atoms with van der Waals surface area (Å²) < 4.78 is 5.18. The maximum absolute atomic E-state index is 5.18. The van der Waals surface area contributed by atoms with Crippen molar-refractivity contribution in [2.45, 2.75) is 32.1 Å². The number of hydrogen-bond donors (Lipinski definition) is 2. The summed E-state index contributed by atoms with van der Waals surface area (Å²) in [5.74, 6) is 1.72. The SMILES string of the molecule is CCc1noc(-c2cc([C@@H]3CCCNC3)[nH]n2)n1. The minimum Gasteiger partial charge on any atom is -0.332 e. The van der Waals surface area contributed by atoms with Gasteiger partial charge in [-0.3, -0.25) is 5.10 Å². The van der Waals surface area contributed by atoms with Crippen LogP contribution < -0.4 is 5.32 Å². The van der Waals surface area contributed by atoms with Crippen LogP contribution in [0.1, 0.15) is 37.2 Å². The van der Waals surface area contributed by atoms with Crippen molar-refractivity contribution in [2.24, 2.45) is 0 Å². The average molecular weight is 247 g/mol. The zero-order valence-corrected chi connectivity index (χ0v) is 10.4. The molecule has 6 nitrogen and oxygen atoms in total. The Hall–Kier alpha value is -1.69. The summed E-state index contributed by atoms with van der Waals surface area (Å²) >= 11 is 0. The van der Waals surface area contributed by atoms with Gasteiger partial charge in [0, 0.05) is 24.6 Å². The van der Waals surface area contributed by atoms with Crippen LogP contribution in [-0.2, 0) is 6.42 Å². The van der Waals surface area contributed by atoms with Crippen molar-refractivity contribution in [1.82, 2.24) is 25.7 Å². The van der Waals surface area contributed by atoms with E-state index >= 15 is 0 Å². The second-order valence-electron chi connectivity index (χ2n) is 4.62. The standard InChI is InChI=1S/C12H17N5O/c1-2-11-14-12(18-17-11)10-6-9(15-16-10)8-4-3-5-13-7-8/h6,8,13H,2-5,7H2,1H3,(H,15,16)/t8-/m1/s1. The Morgan fingerprint density at radius 1 is 1.50 bits per heavy atom. The molecule has 0 spiro atoms. The van der Waals surface area contributed by atoms with Gasteiger partial charge in [0.15, 0.2) is 11.5 Å². The number of nitrogens with one attached hydrogen (secondary N) is 2. The van der Waals surface area contributed by atoms with E-state index in [4.69, 9.17) is 4.52 Å². The van der Waals surface area contributed by atoms with Crippen LogP contribution >= 0.6 is 0 Å². The molecule has 1 aliphatic rings. The van der Waals surface area contributed by atoms with Crippen LogP contribution in [0.3, 0.4) is 0 Å². The Labute approximate surface area is 105 Å². The van der Waals surface area contributed by atoms with E-state index in [9.17, 15) is 0 Å². The molecule has 2 N–H and O–H groups in total. The molecule has 2 aromatic rings. The van der Waals surface area contributed by atoms with E-state index in [1.165, 1.54) is 12.8 Å². The van der Waals surface area contributed by atoms with Gasteiger partial charge in [0.1, 0.15) is 0 Å². The minimum atomic E-state index is 0.498. The molecule has 1 atom stereocenters. The first-order valence-corrected chi connectivity index (χ1v) is 6.46. The summed E-state index contributed by atoms with van der Waals surface area (Å²) in [4.78, 5) is 4.28. The number of H-pyrrole nitrogens is 1. The van der Waals surface area contributed by atoms with Crippen LogP contribution in [0.25, 0.3) is 11.6 Å². The lowest BCUT2D eigenvalue weighted by Gasteiger charge is -2.20. The third-order valence-corrected chi connectivity index (χ3v) is 3.34. The van der Waals surface area contributed by atoms with Gasteiger partial charge in [-0.1, -0.05) is 12.1 Å². The van der Waals surface area contributed by atoms with Crippen LogP contribution in [0.4, 0.5) is 0 Å². The highest BCUT2D eigenvalue weighted by atomic mass is 16.5. The van der Waals surface area contributed by atoms with Gasteiger partial charge in [-0.15, -0.1) is 0 Å². The van der Waals surface area contributed by atoms with Gasteiger partial charge in [-0.25, -0.2) is 0 Å². The Morgan fingerprint density at radius 2 is 2.44 bits per heavy atom. The lowest BCUT2D eigenvalue weighted by molar-refractivity contribution is 0.422. The zero-order chi connectivity index (χ0) is 12.4. The van der Waals surface area contributed by atoms with E-state index in [2.05, 4.69) is 25.7 Å². The fraction of sp³-hybridized carbons (Fsp3) is 0.583. The molecule has 1 fully saturated rings. The van der Waals surface area contributed by atoms with Crippen molar-refractivity contribution in [3.8, 4) is 11.6 Å². The number of aryl methyl sites for hydroxylation is 1. The number of aromatic nitrogens is 4. The van der Waals surface area contributed by atoms with Crippen molar-refractivity contribution in [3.05, 3.63) is 17.6 Å². The van der Waals surface area contributed by atoms with Crippen LogP contribution in [0.2, 0.25) is 0 Å². The third-order valence-electron chi connectivity index (χ3n) is 3.34. The molecular formula is C12H17N5O. The molecule has 0 aliphatic carbocycles. The molecule has 0 aromatic carbocycles. The Balaban J connectivity index is 1.79. The van der Waals surface area contributed by atoms with E-state index in [-0.39, 0.29) is 0 Å². The summed E-state index contributed by atoms with van der Waals surface area (Å²) in [7, 11) is 0. The van der Waals surface area contributed by atoms with Crippen LogP contribution in [0.5, 0.6) is 0 Å². The smallest absolute Gasteiger partial charge is 0.278 e. The first-order valence-electron chi connectivity index (χ1n) is 6.46. The molecule has 3 heterocycles. The molecule has 0 radical (unpaired) electrons. The van der Waals surface area contributed by atoms with E-state index in [0.717, 1.165) is 30.9 Å². The topological polar surface area (TPSA) is 79.6 Å². The van der Waals surface area contributed by atoms with Crippen LogP contribution in [0, 0.1) is 0 Å². The molecule has 0 bridgehead atoms. The molecular weight excluding hydrogens is 230 g/mol. The highest BCUT2D eigenvalue weighted by molar-refractivity contribution is 5.47. The molecule has 3 rings (SSSR count). The monoisotopic (exact) mass is 247 g/mol. The largest absolute Gasteiger partial charge is 0.332 e. The van der Waals surface area contributed by atoms with E-state index < -0.39 is 0 Å². The Bertz CT molecular complexity index is 512. The summed E-state index contributed by atoms with van der Waals surface area (Å²) in [6, 6.07) is 2.02. The molecule has 96 valence electrons. The zero-order valence-electron chi connectivity index (χ0n) is 10.4. The second-order valence-corrected chi connectivity index (χ2v) is 4.62. The van der Waals surface area contributed by atoms with Crippen molar-refractivity contribution in [3.63, 3.8) is 0 Å². The summed E-state index contributed by atoms with van der Waals surface area (Å²) in [5.41, 5.74) is 1.89. The van der Waals surface area contributed by atoms with Gasteiger partial charge >= 0.3 is 0 Å². The van der Waals surface area contributed by atoms with Gasteiger partial charge < -0.3 is 9.84 Å². The number of hydrogen-bond acceptors (Lipinski definition) is 5. The Kier molecular flexibility index (Phi) is 3.10. The van der Waals surface area contributed by atoms with Crippen molar-refractivity contribution >= 4 is 0 Å². The van der Waals surface area contributed by atoms with Gasteiger partial charge in [-0.2, -0.15) is 10.1 Å². The number of rotatable bonds is 3. The molecule has 1 saturated heterocycles. The molecule has 0 amide bonds. The van der Waals surface area contributed by atoms with Crippen molar-refractivity contribution < 1.29 is 4.52 Å². The summed E-state index contributed by atoms with van der Waals surface area (Å²) in [6.45, 7) is 4.12. The molecule has 2 aromatic heterocycles. The molecule has 0 unspecified atom stereocenters. The maximum Gasteiger partial charge on any atom is 0.278 e. The van der Waals surface area contributed by atoms with Gasteiger partial charge in [-0.05, 0) is 25.5 Å². The molecule has 18 heavy (non-hydrogen) atoms. The fourth-order valence-corrected chi connectivity index (χ4v) is 2.27. The average Bonchev–Trinajstić information content (AvgIpc) is 3.08. The minimum absolute atomic E-state index is 0.498. The Morgan fingerprint density at radius 3 is 3.17 bits per heavy atom. The quantitative estimate of drug-likeness (QED) is 0.859. The van der Waals surface area contributed by atoms with E-state index in [0.29, 0.717) is 17.6 Å². The fourth-order valence-electron chi connectivity index (χ4n) is 2.27. The molecule has 0 saturated carbocycles. The number of piperidine rings is 1. The van der Waals surface area contributed by atoms with Gasteiger partial charge in [0.2, 0.25) is 0 Å². The number of aromatic amines is 1. The highest BCUT2D eigenvalue weighted by Crippen LogP contribution is 2.24. The lowest BCUT2D eigenvalue weighted by Crippen LogP contribution is -2.28. The summed E-state index contributed by atoms with van der Waals surface area (Å²) in [6.07, 6.45) is 3.17. The van der Waals surface area contributed by atoms with Gasteiger partial charge in [0.05, 0.1) is 0 Å². The molecule has 6 heteroatoms. The lowest BCUT2D eigenvalue weighted by atomic mass is 9.96. The number of nitrogens with zero attached hydrogens (tertiary/aromatic N) is 3. The summed E-state index contributed by atoms with van der Waals surface area (Å²) in [5, 5.41) is 14.6. The predicted molar refractivity (Wildman–Crippen MR) is 66.1 cm³/mol. The van der Waals surface area contributed by atoms with Crippen molar-refractivity contribution in [2.75, 3.05) is 13.1 Å². The third kappa shape index (κ3) is 2.15. The first kappa shape index (κ1) is 11.4. The maximum atomic E-state index is 5.18. The van der Waals surface area contributed by atoms with E-state index in [1.807, 2.05) is 13.0 Å². The second kappa shape index (κ2) is 4.89. The normalized spacial score (nSPS) is 20.2. The molecule has 1 aliphatic heterocycles. The highest BCUT2D eigenvalue weighted by Gasteiger charge is 2.19. The van der Waals surface area contributed by atoms with Gasteiger partial charge in [0.25, 0.3) is 5.89 Å².